The van der Waals surface area contributed by atoms with Crippen LogP contribution in [0.25, 0.3) is 0 Å². The molecule has 0 radical (unpaired) electrons. The normalized spacial score (nSPS) is 9.50. The van der Waals surface area contributed by atoms with Gasteiger partial charge in [0.25, 0.3) is 0 Å². The summed E-state index contributed by atoms with van der Waals surface area (Å²) in [5, 5.41) is 0.612. The summed E-state index contributed by atoms with van der Waals surface area (Å²) in [6, 6.07) is 6.57. The number of hydrogen-bond acceptors (Lipinski definition) is 3. The fourth-order valence-corrected chi connectivity index (χ4v) is 0.857. The highest BCUT2D eigenvalue weighted by Gasteiger charge is 2.00. The number of thiol groups is 1. The van der Waals surface area contributed by atoms with Crippen molar-refractivity contribution < 1.29 is 9.53 Å². The van der Waals surface area contributed by atoms with Crippen molar-refractivity contribution in [2.24, 2.45) is 0 Å². The van der Waals surface area contributed by atoms with E-state index in [1.807, 2.05) is 0 Å². The maximum Gasteiger partial charge on any atom is 0.321 e. The van der Waals surface area contributed by atoms with Gasteiger partial charge in [0, 0.05) is 5.02 Å². The third-order valence-electron chi connectivity index (χ3n) is 1.17. The molecule has 12 heavy (non-hydrogen) atoms. The Morgan fingerprint density at radius 2 is 2.00 bits per heavy atom. The van der Waals surface area contributed by atoms with Gasteiger partial charge < -0.3 is 4.74 Å². The fourth-order valence-electron chi connectivity index (χ4n) is 0.666. The van der Waals surface area contributed by atoms with E-state index in [-0.39, 0.29) is 11.7 Å². The zero-order chi connectivity index (χ0) is 8.97. The number of halogens is 1. The van der Waals surface area contributed by atoms with Gasteiger partial charge in [0.05, 0.1) is 5.75 Å². The third-order valence-corrected chi connectivity index (χ3v) is 1.68. The summed E-state index contributed by atoms with van der Waals surface area (Å²) in [6.45, 7) is 0. The van der Waals surface area contributed by atoms with Crippen LogP contribution in [-0.2, 0) is 4.79 Å². The minimum Gasteiger partial charge on any atom is -0.426 e. The number of hydrogen-bond donors (Lipinski definition) is 1. The summed E-state index contributed by atoms with van der Waals surface area (Å²) in [6.07, 6.45) is 0. The van der Waals surface area contributed by atoms with Crippen molar-refractivity contribution in [1.82, 2.24) is 0 Å². The van der Waals surface area contributed by atoms with Crippen molar-refractivity contribution in [3.63, 3.8) is 0 Å². The van der Waals surface area contributed by atoms with E-state index < -0.39 is 0 Å². The summed E-state index contributed by atoms with van der Waals surface area (Å²) in [5.74, 6) is 0.182. The first-order chi connectivity index (χ1) is 5.72. The number of ether oxygens (including phenoxy) is 1. The molecule has 0 unspecified atom stereocenters. The first-order valence-electron chi connectivity index (χ1n) is 3.29. The maximum absolute atomic E-state index is 10.7. The van der Waals surface area contributed by atoms with Crippen LogP contribution >= 0.6 is 24.2 Å². The fraction of sp³-hybridized carbons (Fsp3) is 0.125. The molecule has 64 valence electrons. The lowest BCUT2D eigenvalue weighted by Gasteiger charge is -2.00. The van der Waals surface area contributed by atoms with Gasteiger partial charge in [-0.25, -0.2) is 0 Å². The van der Waals surface area contributed by atoms with Gasteiger partial charge in [0.2, 0.25) is 0 Å². The Bertz CT molecular complexity index is 271. The van der Waals surface area contributed by atoms with Gasteiger partial charge in [-0.1, -0.05) is 11.6 Å². The highest BCUT2D eigenvalue weighted by atomic mass is 35.5. The average molecular weight is 203 g/mol. The molecule has 0 atom stereocenters. The number of esters is 1. The topological polar surface area (TPSA) is 26.3 Å². The number of benzene rings is 1. The van der Waals surface area contributed by atoms with Gasteiger partial charge in [-0.2, -0.15) is 12.6 Å². The van der Waals surface area contributed by atoms with E-state index in [2.05, 4.69) is 12.6 Å². The molecule has 0 aliphatic rings. The van der Waals surface area contributed by atoms with Crippen LogP contribution in [0, 0.1) is 0 Å². The summed E-state index contributed by atoms with van der Waals surface area (Å²) >= 11 is 9.39. The molecule has 0 heterocycles. The van der Waals surface area contributed by atoms with Crippen molar-refractivity contribution in [3.8, 4) is 5.75 Å². The molecule has 0 spiro atoms. The monoisotopic (exact) mass is 202 g/mol. The van der Waals surface area contributed by atoms with E-state index in [1.165, 1.54) is 0 Å². The van der Waals surface area contributed by atoms with E-state index >= 15 is 0 Å². The van der Waals surface area contributed by atoms with Crippen molar-refractivity contribution in [1.29, 1.82) is 0 Å². The molecule has 0 bridgehead atoms. The van der Waals surface area contributed by atoms with E-state index in [1.54, 1.807) is 24.3 Å². The van der Waals surface area contributed by atoms with Crippen molar-refractivity contribution in [3.05, 3.63) is 29.3 Å². The summed E-state index contributed by atoms with van der Waals surface area (Å²) < 4.78 is 4.84. The average Bonchev–Trinajstić information content (AvgIpc) is 2.09. The third kappa shape index (κ3) is 2.75. The van der Waals surface area contributed by atoms with E-state index in [0.717, 1.165) is 0 Å². The molecule has 0 N–H and O–H groups in total. The Morgan fingerprint density at radius 1 is 1.42 bits per heavy atom. The van der Waals surface area contributed by atoms with Gasteiger partial charge in [-0.05, 0) is 24.3 Å². The standard InChI is InChI=1S/C8H7ClO2S/c9-6-1-3-7(4-2-6)11-8(10)5-12/h1-4,12H,5H2. The smallest absolute Gasteiger partial charge is 0.321 e. The van der Waals surface area contributed by atoms with E-state index in [4.69, 9.17) is 16.3 Å². The lowest BCUT2D eigenvalue weighted by molar-refractivity contribution is -0.131. The molecular weight excluding hydrogens is 196 g/mol. The predicted octanol–water partition coefficient (Wildman–Crippen LogP) is 2.18. The van der Waals surface area contributed by atoms with Crippen molar-refractivity contribution in [2.75, 3.05) is 5.75 Å². The van der Waals surface area contributed by atoms with Crippen LogP contribution in [0.15, 0.2) is 24.3 Å². The Kier molecular flexibility index (Phi) is 3.44. The quantitative estimate of drug-likeness (QED) is 0.452. The molecule has 1 aromatic carbocycles. The van der Waals surface area contributed by atoms with Gasteiger partial charge in [0.1, 0.15) is 5.75 Å². The van der Waals surface area contributed by atoms with Crippen LogP contribution in [0.1, 0.15) is 0 Å². The zero-order valence-electron chi connectivity index (χ0n) is 6.16. The number of rotatable bonds is 2. The first kappa shape index (κ1) is 9.42. The second-order valence-electron chi connectivity index (χ2n) is 2.09. The second-order valence-corrected chi connectivity index (χ2v) is 2.84. The lowest BCUT2D eigenvalue weighted by atomic mass is 10.3. The zero-order valence-corrected chi connectivity index (χ0v) is 7.81. The highest BCUT2D eigenvalue weighted by molar-refractivity contribution is 7.81. The van der Waals surface area contributed by atoms with E-state index in [9.17, 15) is 4.79 Å². The summed E-state index contributed by atoms with van der Waals surface area (Å²) in [7, 11) is 0. The van der Waals surface area contributed by atoms with Gasteiger partial charge in [0.15, 0.2) is 0 Å². The lowest BCUT2D eigenvalue weighted by Crippen LogP contribution is -2.08. The van der Waals surface area contributed by atoms with Crippen LogP contribution in [0.5, 0.6) is 5.75 Å². The molecule has 1 rings (SSSR count). The first-order valence-corrected chi connectivity index (χ1v) is 4.30. The number of carbonyl (C=O) groups is 1. The van der Waals surface area contributed by atoms with Crippen LogP contribution in [0.3, 0.4) is 0 Å². The molecule has 0 saturated carbocycles. The SMILES string of the molecule is O=C(CS)Oc1ccc(Cl)cc1. The molecule has 0 aliphatic carbocycles. The maximum atomic E-state index is 10.7. The van der Waals surface area contributed by atoms with Crippen molar-refractivity contribution in [2.45, 2.75) is 0 Å². The summed E-state index contributed by atoms with van der Waals surface area (Å²) in [4.78, 5) is 10.7. The molecule has 0 fully saturated rings. The Morgan fingerprint density at radius 3 is 2.50 bits per heavy atom. The molecule has 1 aromatic rings. The Labute approximate surface area is 80.9 Å². The number of carbonyl (C=O) groups excluding carboxylic acids is 1. The molecule has 0 saturated heterocycles. The molecule has 0 amide bonds. The Balaban J connectivity index is 2.64. The molecular formula is C8H7ClO2S. The molecule has 4 heteroatoms. The van der Waals surface area contributed by atoms with Gasteiger partial charge >= 0.3 is 5.97 Å². The largest absolute Gasteiger partial charge is 0.426 e. The second kappa shape index (κ2) is 4.38. The predicted molar refractivity (Wildman–Crippen MR) is 50.9 cm³/mol. The van der Waals surface area contributed by atoms with E-state index in [0.29, 0.717) is 10.8 Å². The highest BCUT2D eigenvalue weighted by Crippen LogP contribution is 2.15. The van der Waals surface area contributed by atoms with Crippen LogP contribution in [-0.4, -0.2) is 11.7 Å². The van der Waals surface area contributed by atoms with Crippen LogP contribution in [0.2, 0.25) is 5.02 Å². The molecule has 0 aromatic heterocycles. The summed E-state index contributed by atoms with van der Waals surface area (Å²) in [5.41, 5.74) is 0. The minimum atomic E-state index is -0.374. The van der Waals surface area contributed by atoms with Crippen molar-refractivity contribution >= 4 is 30.2 Å². The Hall–Kier alpha value is -0.670. The van der Waals surface area contributed by atoms with Crippen LogP contribution in [0.4, 0.5) is 0 Å². The van der Waals surface area contributed by atoms with Gasteiger partial charge in [-0.3, -0.25) is 4.79 Å². The van der Waals surface area contributed by atoms with Gasteiger partial charge in [-0.15, -0.1) is 0 Å². The van der Waals surface area contributed by atoms with Crippen LogP contribution < -0.4 is 4.74 Å². The minimum absolute atomic E-state index is 0.0721. The molecule has 2 nitrogen and oxygen atoms in total. The molecule has 0 aliphatic heterocycles.